The molecule has 0 bridgehead atoms. The van der Waals surface area contributed by atoms with E-state index in [4.69, 9.17) is 0 Å². The van der Waals surface area contributed by atoms with Crippen molar-refractivity contribution >= 4 is 15.5 Å². The predicted molar refractivity (Wildman–Crippen MR) is 83.2 cm³/mol. The van der Waals surface area contributed by atoms with Crippen LogP contribution in [0.25, 0.3) is 0 Å². The van der Waals surface area contributed by atoms with E-state index in [1.165, 1.54) is 0 Å². The molecule has 1 aromatic rings. The molecule has 1 saturated carbocycles. The average Bonchev–Trinajstić information content (AvgIpc) is 3.02. The number of rotatable bonds is 4. The van der Waals surface area contributed by atoms with Crippen LogP contribution >= 0.6 is 0 Å². The largest absolute Gasteiger partial charge is 0.393 e. The first kappa shape index (κ1) is 14.9. The Morgan fingerprint density at radius 2 is 1.90 bits per heavy atom. The standard InChI is InChI=1S/C16H23NO3S/c1-2-9-21(19,20)14-6-4-13(5-7-14)17-10-12-3-8-16(18)15(12)11-17/h4-7,12,15-16,18H,2-3,8-11H2,1H3. The van der Waals surface area contributed by atoms with Gasteiger partial charge in [0, 0.05) is 24.7 Å². The molecule has 0 radical (unpaired) electrons. The van der Waals surface area contributed by atoms with Crippen molar-refractivity contribution in [2.24, 2.45) is 11.8 Å². The van der Waals surface area contributed by atoms with E-state index in [1.54, 1.807) is 12.1 Å². The van der Waals surface area contributed by atoms with E-state index in [0.29, 0.717) is 23.2 Å². The van der Waals surface area contributed by atoms with Gasteiger partial charge in [-0.3, -0.25) is 0 Å². The number of hydrogen-bond acceptors (Lipinski definition) is 4. The molecular weight excluding hydrogens is 286 g/mol. The second kappa shape index (κ2) is 5.61. The maximum atomic E-state index is 12.0. The molecule has 21 heavy (non-hydrogen) atoms. The van der Waals surface area contributed by atoms with Crippen LogP contribution in [0.4, 0.5) is 5.69 Å². The van der Waals surface area contributed by atoms with Crippen LogP contribution in [0.2, 0.25) is 0 Å². The van der Waals surface area contributed by atoms with Gasteiger partial charge < -0.3 is 10.0 Å². The van der Waals surface area contributed by atoms with E-state index in [-0.39, 0.29) is 11.9 Å². The molecule has 0 amide bonds. The molecule has 116 valence electrons. The summed E-state index contributed by atoms with van der Waals surface area (Å²) in [6, 6.07) is 7.22. The molecule has 1 aliphatic carbocycles. The Balaban J connectivity index is 1.74. The zero-order chi connectivity index (χ0) is 15.0. The first-order valence-corrected chi connectivity index (χ1v) is 9.42. The number of hydrogen-bond donors (Lipinski definition) is 1. The molecule has 3 rings (SSSR count). The predicted octanol–water partition coefficient (Wildman–Crippen LogP) is 2.08. The molecule has 1 aromatic carbocycles. The van der Waals surface area contributed by atoms with E-state index < -0.39 is 9.84 Å². The second-order valence-corrected chi connectivity index (χ2v) is 8.40. The minimum absolute atomic E-state index is 0.163. The maximum absolute atomic E-state index is 12.0. The third kappa shape index (κ3) is 2.81. The summed E-state index contributed by atoms with van der Waals surface area (Å²) in [6.45, 7) is 3.73. The molecule has 1 heterocycles. The van der Waals surface area contributed by atoms with Crippen LogP contribution in [-0.4, -0.2) is 38.5 Å². The van der Waals surface area contributed by atoms with Crippen molar-refractivity contribution in [3.8, 4) is 0 Å². The normalized spacial score (nSPS) is 28.9. The number of benzene rings is 1. The molecule has 3 unspecified atom stereocenters. The molecule has 2 aliphatic rings. The molecule has 2 fully saturated rings. The zero-order valence-electron chi connectivity index (χ0n) is 12.4. The minimum Gasteiger partial charge on any atom is -0.393 e. The highest BCUT2D eigenvalue weighted by Gasteiger charge is 2.41. The van der Waals surface area contributed by atoms with Crippen LogP contribution in [0, 0.1) is 11.8 Å². The Labute approximate surface area is 126 Å². The van der Waals surface area contributed by atoms with Gasteiger partial charge in [0.2, 0.25) is 0 Å². The molecule has 0 spiro atoms. The lowest BCUT2D eigenvalue weighted by Gasteiger charge is -2.20. The Bertz CT molecular complexity index is 596. The highest BCUT2D eigenvalue weighted by molar-refractivity contribution is 7.91. The summed E-state index contributed by atoms with van der Waals surface area (Å²) in [6.07, 6.45) is 2.50. The fraction of sp³-hybridized carbons (Fsp3) is 0.625. The smallest absolute Gasteiger partial charge is 0.178 e. The zero-order valence-corrected chi connectivity index (χ0v) is 13.2. The summed E-state index contributed by atoms with van der Waals surface area (Å²) >= 11 is 0. The van der Waals surface area contributed by atoms with Crippen molar-refractivity contribution in [2.45, 2.75) is 37.2 Å². The van der Waals surface area contributed by atoms with Gasteiger partial charge in [0.15, 0.2) is 9.84 Å². The molecule has 0 aromatic heterocycles. The third-order valence-electron chi connectivity index (χ3n) is 4.85. The molecule has 3 atom stereocenters. The van der Waals surface area contributed by atoms with Gasteiger partial charge in [-0.25, -0.2) is 8.42 Å². The van der Waals surface area contributed by atoms with Crippen LogP contribution in [0.15, 0.2) is 29.2 Å². The number of nitrogens with zero attached hydrogens (tertiary/aromatic N) is 1. The van der Waals surface area contributed by atoms with E-state index in [9.17, 15) is 13.5 Å². The average molecular weight is 309 g/mol. The molecule has 5 heteroatoms. The van der Waals surface area contributed by atoms with Crippen LogP contribution in [0.5, 0.6) is 0 Å². The maximum Gasteiger partial charge on any atom is 0.178 e. The Morgan fingerprint density at radius 3 is 2.52 bits per heavy atom. The second-order valence-electron chi connectivity index (χ2n) is 6.29. The van der Waals surface area contributed by atoms with Crippen molar-refractivity contribution in [2.75, 3.05) is 23.7 Å². The van der Waals surface area contributed by atoms with Crippen molar-refractivity contribution in [3.63, 3.8) is 0 Å². The number of anilines is 1. The number of sulfone groups is 1. The molecule has 4 nitrogen and oxygen atoms in total. The topological polar surface area (TPSA) is 57.6 Å². The fourth-order valence-electron chi connectivity index (χ4n) is 3.70. The van der Waals surface area contributed by atoms with Crippen LogP contribution in [0.1, 0.15) is 26.2 Å². The van der Waals surface area contributed by atoms with Gasteiger partial charge in [0.05, 0.1) is 16.8 Å². The lowest BCUT2D eigenvalue weighted by Crippen LogP contribution is -2.24. The van der Waals surface area contributed by atoms with E-state index in [1.807, 2.05) is 19.1 Å². The molecular formula is C16H23NO3S. The summed E-state index contributed by atoms with van der Waals surface area (Å²) < 4.78 is 24.0. The molecule has 1 N–H and O–H groups in total. The summed E-state index contributed by atoms with van der Waals surface area (Å²) in [7, 11) is -3.13. The van der Waals surface area contributed by atoms with Gasteiger partial charge in [-0.2, -0.15) is 0 Å². The Hall–Kier alpha value is -1.07. The summed E-state index contributed by atoms with van der Waals surface area (Å²) in [5.74, 6) is 1.17. The number of aliphatic hydroxyl groups is 1. The Kier molecular flexibility index (Phi) is 3.97. The van der Waals surface area contributed by atoms with Gasteiger partial charge in [-0.15, -0.1) is 0 Å². The van der Waals surface area contributed by atoms with Gasteiger partial charge in [0.1, 0.15) is 0 Å². The van der Waals surface area contributed by atoms with Gasteiger partial charge in [-0.05, 0) is 49.4 Å². The minimum atomic E-state index is -3.13. The van der Waals surface area contributed by atoms with Gasteiger partial charge in [-0.1, -0.05) is 6.92 Å². The molecule has 1 saturated heterocycles. The highest BCUT2D eigenvalue weighted by Crippen LogP contribution is 2.39. The third-order valence-corrected chi connectivity index (χ3v) is 6.79. The van der Waals surface area contributed by atoms with Crippen molar-refractivity contribution < 1.29 is 13.5 Å². The summed E-state index contributed by atoms with van der Waals surface area (Å²) in [4.78, 5) is 2.68. The van der Waals surface area contributed by atoms with Gasteiger partial charge >= 0.3 is 0 Å². The van der Waals surface area contributed by atoms with E-state index in [0.717, 1.165) is 31.6 Å². The molecule has 1 aliphatic heterocycles. The van der Waals surface area contributed by atoms with Crippen LogP contribution < -0.4 is 4.90 Å². The summed E-state index contributed by atoms with van der Waals surface area (Å²) in [5.41, 5.74) is 1.06. The monoisotopic (exact) mass is 309 g/mol. The number of fused-ring (bicyclic) bond motifs is 1. The lowest BCUT2D eigenvalue weighted by molar-refractivity contribution is 0.133. The SMILES string of the molecule is CCCS(=O)(=O)c1ccc(N2CC3CCC(O)C3C2)cc1. The van der Waals surface area contributed by atoms with Crippen molar-refractivity contribution in [3.05, 3.63) is 24.3 Å². The lowest BCUT2D eigenvalue weighted by atomic mass is 10.00. The van der Waals surface area contributed by atoms with E-state index in [2.05, 4.69) is 4.90 Å². The van der Waals surface area contributed by atoms with Crippen LogP contribution in [0.3, 0.4) is 0 Å². The first-order chi connectivity index (χ1) is 10.0. The highest BCUT2D eigenvalue weighted by atomic mass is 32.2. The first-order valence-electron chi connectivity index (χ1n) is 7.77. The summed E-state index contributed by atoms with van der Waals surface area (Å²) in [5, 5.41) is 9.97. The van der Waals surface area contributed by atoms with E-state index >= 15 is 0 Å². The number of aliphatic hydroxyl groups excluding tert-OH is 1. The fourth-order valence-corrected chi connectivity index (χ4v) is 5.02. The van der Waals surface area contributed by atoms with Gasteiger partial charge in [0.25, 0.3) is 0 Å². The Morgan fingerprint density at radius 1 is 1.19 bits per heavy atom. The van der Waals surface area contributed by atoms with Crippen LogP contribution in [-0.2, 0) is 9.84 Å². The van der Waals surface area contributed by atoms with Crippen molar-refractivity contribution in [1.29, 1.82) is 0 Å². The quantitative estimate of drug-likeness (QED) is 0.925. The van der Waals surface area contributed by atoms with Crippen molar-refractivity contribution in [1.82, 2.24) is 0 Å².